The first kappa shape index (κ1) is 19.9. The molecule has 0 aromatic carbocycles. The molecule has 0 aliphatic heterocycles. The number of alkyl halides is 1. The molecule has 5 heteroatoms. The molecule has 8 unspecified atom stereocenters. The topological polar surface area (TPSA) is 63.6 Å². The largest absolute Gasteiger partial charge is 0.445 e. The lowest BCUT2D eigenvalue weighted by Crippen LogP contribution is -2.67. The summed E-state index contributed by atoms with van der Waals surface area (Å²) in [6.07, 6.45) is 8.92. The zero-order valence-corrected chi connectivity index (χ0v) is 17.1. The summed E-state index contributed by atoms with van der Waals surface area (Å²) in [5, 5.41) is 11.3. The van der Waals surface area contributed by atoms with E-state index >= 15 is 0 Å². The van der Waals surface area contributed by atoms with Crippen LogP contribution in [-0.4, -0.2) is 34.2 Å². The van der Waals surface area contributed by atoms with Crippen LogP contribution in [0.3, 0.4) is 0 Å². The minimum Gasteiger partial charge on any atom is -0.445 e. The standard InChI is InChI=1S/C23H31FO4/c1-5-22(28-14(2)25)11-8-17-16-12-19(26)23(27)13-15(24)6-9-21(23,4)18(16)7-10-20(17,22)3/h1,15-18,27H,6-13H2,2-4H3. The lowest BCUT2D eigenvalue weighted by atomic mass is 9.42. The Labute approximate surface area is 166 Å². The SMILES string of the molecule is C#CC1(OC(C)=O)CCC2C3CC(=O)C4(O)CC(F)CCC4(C)C3CCC21C. The zero-order chi connectivity index (χ0) is 20.5. The quantitative estimate of drug-likeness (QED) is 0.549. The molecule has 1 N–H and O–H groups in total. The number of halogens is 1. The fourth-order valence-electron chi connectivity index (χ4n) is 7.67. The van der Waals surface area contributed by atoms with E-state index in [2.05, 4.69) is 12.8 Å². The van der Waals surface area contributed by atoms with Crippen molar-refractivity contribution in [1.82, 2.24) is 0 Å². The van der Waals surface area contributed by atoms with Gasteiger partial charge in [0.2, 0.25) is 0 Å². The van der Waals surface area contributed by atoms with Crippen molar-refractivity contribution in [2.24, 2.45) is 28.6 Å². The number of fused-ring (bicyclic) bond motifs is 5. The lowest BCUT2D eigenvalue weighted by Gasteiger charge is -2.63. The molecule has 0 spiro atoms. The highest BCUT2D eigenvalue weighted by Gasteiger charge is 2.70. The monoisotopic (exact) mass is 390 g/mol. The van der Waals surface area contributed by atoms with Gasteiger partial charge in [-0.3, -0.25) is 9.59 Å². The Morgan fingerprint density at radius 2 is 1.79 bits per heavy atom. The second-order valence-corrected chi connectivity index (χ2v) is 10.2. The van der Waals surface area contributed by atoms with Gasteiger partial charge in [-0.1, -0.05) is 19.8 Å². The number of ether oxygens (including phenoxy) is 1. The fourth-order valence-corrected chi connectivity index (χ4v) is 7.67. The first-order chi connectivity index (χ1) is 13.0. The molecule has 4 saturated carbocycles. The summed E-state index contributed by atoms with van der Waals surface area (Å²) in [5.74, 6) is 2.64. The predicted octanol–water partition coefficient (Wildman–Crippen LogP) is 3.60. The lowest BCUT2D eigenvalue weighted by molar-refractivity contribution is -0.214. The van der Waals surface area contributed by atoms with E-state index in [1.54, 1.807) is 0 Å². The number of terminal acetylenes is 1. The van der Waals surface area contributed by atoms with Crippen molar-refractivity contribution in [2.45, 2.75) is 89.5 Å². The van der Waals surface area contributed by atoms with Crippen LogP contribution in [0.5, 0.6) is 0 Å². The van der Waals surface area contributed by atoms with Crippen LogP contribution in [0, 0.1) is 40.9 Å². The summed E-state index contributed by atoms with van der Waals surface area (Å²) < 4.78 is 19.9. The third kappa shape index (κ3) is 2.27. The molecule has 0 aromatic heterocycles. The van der Waals surface area contributed by atoms with Gasteiger partial charge >= 0.3 is 5.97 Å². The molecule has 0 saturated heterocycles. The van der Waals surface area contributed by atoms with Crippen molar-refractivity contribution in [3.05, 3.63) is 0 Å². The van der Waals surface area contributed by atoms with Gasteiger partial charge in [0, 0.05) is 30.6 Å². The summed E-state index contributed by atoms with van der Waals surface area (Å²) in [5.41, 5.74) is -3.46. The van der Waals surface area contributed by atoms with Gasteiger partial charge in [0.1, 0.15) is 11.8 Å². The highest BCUT2D eigenvalue weighted by atomic mass is 19.1. The van der Waals surface area contributed by atoms with Crippen molar-refractivity contribution < 1.29 is 23.8 Å². The first-order valence-electron chi connectivity index (χ1n) is 10.6. The van der Waals surface area contributed by atoms with Gasteiger partial charge in [0.05, 0.1) is 0 Å². The molecule has 8 atom stereocenters. The summed E-state index contributed by atoms with van der Waals surface area (Å²) in [7, 11) is 0. The maximum atomic E-state index is 14.1. The van der Waals surface area contributed by atoms with Crippen LogP contribution < -0.4 is 0 Å². The summed E-state index contributed by atoms with van der Waals surface area (Å²) in [4.78, 5) is 24.9. The van der Waals surface area contributed by atoms with E-state index in [9.17, 15) is 19.1 Å². The second kappa shape index (κ2) is 6.05. The molecule has 0 amide bonds. The third-order valence-electron chi connectivity index (χ3n) is 9.25. The number of ketones is 1. The third-order valence-corrected chi connectivity index (χ3v) is 9.25. The molecular weight excluding hydrogens is 359 g/mol. The molecule has 0 radical (unpaired) electrons. The van der Waals surface area contributed by atoms with Crippen LogP contribution in [-0.2, 0) is 14.3 Å². The van der Waals surface area contributed by atoms with E-state index in [1.165, 1.54) is 6.92 Å². The minimum absolute atomic E-state index is 0.0742. The molecule has 4 aliphatic rings. The van der Waals surface area contributed by atoms with Gasteiger partial charge in [0.15, 0.2) is 11.4 Å². The summed E-state index contributed by atoms with van der Waals surface area (Å²) >= 11 is 0. The predicted molar refractivity (Wildman–Crippen MR) is 102 cm³/mol. The Balaban J connectivity index is 1.72. The van der Waals surface area contributed by atoms with E-state index in [4.69, 9.17) is 11.2 Å². The molecule has 0 aromatic rings. The number of hydrogen-bond acceptors (Lipinski definition) is 4. The number of Topliss-reactive ketones (excluding diaryl/α,β-unsaturated/α-hetero) is 1. The molecule has 0 bridgehead atoms. The molecule has 28 heavy (non-hydrogen) atoms. The number of esters is 1. The van der Waals surface area contributed by atoms with Gasteiger partial charge in [-0.25, -0.2) is 4.39 Å². The summed E-state index contributed by atoms with van der Waals surface area (Å²) in [6, 6.07) is 0. The van der Waals surface area contributed by atoms with E-state index in [0.29, 0.717) is 19.3 Å². The zero-order valence-electron chi connectivity index (χ0n) is 17.1. The highest BCUT2D eigenvalue weighted by Crippen LogP contribution is 2.69. The second-order valence-electron chi connectivity index (χ2n) is 10.2. The van der Waals surface area contributed by atoms with Crippen LogP contribution in [0.25, 0.3) is 0 Å². The van der Waals surface area contributed by atoms with Gasteiger partial charge in [0.25, 0.3) is 0 Å². The molecule has 154 valence electrons. The maximum absolute atomic E-state index is 14.1. The van der Waals surface area contributed by atoms with Gasteiger partial charge in [-0.2, -0.15) is 0 Å². The fraction of sp³-hybridized carbons (Fsp3) is 0.826. The normalized spacial score (nSPS) is 52.8. The Hall–Kier alpha value is -1.41. The van der Waals surface area contributed by atoms with Crippen molar-refractivity contribution >= 4 is 11.8 Å². The van der Waals surface area contributed by atoms with Crippen LogP contribution in [0.2, 0.25) is 0 Å². The van der Waals surface area contributed by atoms with E-state index in [0.717, 1.165) is 19.3 Å². The van der Waals surface area contributed by atoms with Crippen molar-refractivity contribution in [1.29, 1.82) is 0 Å². The van der Waals surface area contributed by atoms with E-state index < -0.39 is 22.8 Å². The van der Waals surface area contributed by atoms with Crippen LogP contribution in [0.4, 0.5) is 4.39 Å². The highest BCUT2D eigenvalue weighted by molar-refractivity contribution is 5.89. The van der Waals surface area contributed by atoms with Crippen LogP contribution >= 0.6 is 0 Å². The number of carbonyl (C=O) groups excluding carboxylic acids is 2. The first-order valence-corrected chi connectivity index (χ1v) is 10.6. The van der Waals surface area contributed by atoms with Crippen molar-refractivity contribution in [3.63, 3.8) is 0 Å². The number of rotatable bonds is 1. The average molecular weight is 390 g/mol. The number of carbonyl (C=O) groups is 2. The molecule has 4 aliphatic carbocycles. The van der Waals surface area contributed by atoms with Gasteiger partial charge in [-0.15, -0.1) is 6.42 Å². The Morgan fingerprint density at radius 1 is 1.18 bits per heavy atom. The van der Waals surface area contributed by atoms with Gasteiger partial charge in [-0.05, 0) is 56.3 Å². The Kier molecular flexibility index (Phi) is 4.29. The van der Waals surface area contributed by atoms with Crippen LogP contribution in [0.15, 0.2) is 0 Å². The molecular formula is C23H31FO4. The minimum atomic E-state index is -1.56. The van der Waals surface area contributed by atoms with E-state index in [-0.39, 0.29) is 47.8 Å². The molecule has 0 heterocycles. The molecule has 4 fully saturated rings. The smallest absolute Gasteiger partial charge is 0.304 e. The van der Waals surface area contributed by atoms with Gasteiger partial charge < -0.3 is 9.84 Å². The van der Waals surface area contributed by atoms with Crippen LogP contribution in [0.1, 0.15) is 72.1 Å². The van der Waals surface area contributed by atoms with Crippen molar-refractivity contribution in [2.75, 3.05) is 0 Å². The maximum Gasteiger partial charge on any atom is 0.304 e. The Bertz CT molecular complexity index is 758. The number of aliphatic hydroxyl groups is 1. The average Bonchev–Trinajstić information content (AvgIpc) is 2.90. The summed E-state index contributed by atoms with van der Waals surface area (Å²) in [6.45, 7) is 5.49. The molecule has 4 nitrogen and oxygen atoms in total. The van der Waals surface area contributed by atoms with E-state index in [1.807, 2.05) is 6.92 Å². The van der Waals surface area contributed by atoms with Crippen molar-refractivity contribution in [3.8, 4) is 12.3 Å². The Morgan fingerprint density at radius 3 is 2.43 bits per heavy atom. The number of hydrogen-bond donors (Lipinski definition) is 1. The molecule has 4 rings (SSSR count).